The SMILES string of the molecule is NCC(c1ccc(Cl)cc1)N1CCCC2(C1)OCCO2. The van der Waals surface area contributed by atoms with Gasteiger partial charge < -0.3 is 15.2 Å². The van der Waals surface area contributed by atoms with Crippen molar-refractivity contribution in [3.05, 3.63) is 34.9 Å². The van der Waals surface area contributed by atoms with Crippen molar-refractivity contribution in [1.82, 2.24) is 4.90 Å². The summed E-state index contributed by atoms with van der Waals surface area (Å²) in [5, 5.41) is 0.752. The maximum absolute atomic E-state index is 6.00. The highest BCUT2D eigenvalue weighted by molar-refractivity contribution is 6.30. The zero-order valence-corrected chi connectivity index (χ0v) is 12.3. The Balaban J connectivity index is 1.76. The summed E-state index contributed by atoms with van der Waals surface area (Å²) in [5.41, 5.74) is 7.21. The van der Waals surface area contributed by atoms with Crippen molar-refractivity contribution in [1.29, 1.82) is 0 Å². The number of nitrogens with two attached hydrogens (primary N) is 1. The Labute approximate surface area is 124 Å². The lowest BCUT2D eigenvalue weighted by atomic mass is 9.98. The maximum atomic E-state index is 6.00. The van der Waals surface area contributed by atoms with Crippen LogP contribution in [0.2, 0.25) is 5.02 Å². The van der Waals surface area contributed by atoms with Crippen LogP contribution in [0.15, 0.2) is 24.3 Å². The van der Waals surface area contributed by atoms with Gasteiger partial charge in [-0.05, 0) is 30.7 Å². The molecule has 0 amide bonds. The first-order valence-corrected chi connectivity index (χ1v) is 7.58. The standard InChI is InChI=1S/C15H21ClN2O2/c16-13-4-2-12(3-5-13)14(10-17)18-7-1-6-15(11-18)19-8-9-20-15/h2-5,14H,1,6-11,17H2. The van der Waals surface area contributed by atoms with Crippen molar-refractivity contribution in [2.24, 2.45) is 5.73 Å². The van der Waals surface area contributed by atoms with Gasteiger partial charge in [0.2, 0.25) is 0 Å². The Morgan fingerprint density at radius 3 is 2.60 bits per heavy atom. The van der Waals surface area contributed by atoms with E-state index in [9.17, 15) is 0 Å². The number of halogens is 1. The summed E-state index contributed by atoms with van der Waals surface area (Å²) in [7, 11) is 0. The van der Waals surface area contributed by atoms with Crippen molar-refractivity contribution in [2.45, 2.75) is 24.7 Å². The van der Waals surface area contributed by atoms with E-state index in [-0.39, 0.29) is 6.04 Å². The minimum Gasteiger partial charge on any atom is -0.346 e. The molecule has 1 aromatic carbocycles. The average Bonchev–Trinajstić information content (AvgIpc) is 2.90. The quantitative estimate of drug-likeness (QED) is 0.929. The van der Waals surface area contributed by atoms with Gasteiger partial charge in [-0.2, -0.15) is 0 Å². The van der Waals surface area contributed by atoms with Gasteiger partial charge in [0.1, 0.15) is 0 Å². The second-order valence-corrected chi connectivity index (χ2v) is 5.92. The van der Waals surface area contributed by atoms with Gasteiger partial charge in [-0.25, -0.2) is 0 Å². The van der Waals surface area contributed by atoms with Gasteiger partial charge in [-0.1, -0.05) is 23.7 Å². The first-order chi connectivity index (χ1) is 9.72. The minimum atomic E-state index is -0.405. The molecule has 1 spiro atoms. The van der Waals surface area contributed by atoms with Crippen molar-refractivity contribution < 1.29 is 9.47 Å². The van der Waals surface area contributed by atoms with Gasteiger partial charge in [0.25, 0.3) is 0 Å². The van der Waals surface area contributed by atoms with Gasteiger partial charge in [0, 0.05) is 24.0 Å². The van der Waals surface area contributed by atoms with E-state index in [1.54, 1.807) is 0 Å². The monoisotopic (exact) mass is 296 g/mol. The Hall–Kier alpha value is -0.650. The summed E-state index contributed by atoms with van der Waals surface area (Å²) < 4.78 is 11.7. The highest BCUT2D eigenvalue weighted by Crippen LogP contribution is 2.34. The normalized spacial score (nSPS) is 24.1. The third-order valence-corrected chi connectivity index (χ3v) is 4.43. The van der Waals surface area contributed by atoms with Gasteiger partial charge in [-0.3, -0.25) is 4.90 Å². The molecule has 4 nitrogen and oxygen atoms in total. The molecule has 2 heterocycles. The van der Waals surface area contributed by atoms with Gasteiger partial charge >= 0.3 is 0 Å². The number of piperidine rings is 1. The molecule has 1 aromatic rings. The molecule has 2 aliphatic rings. The highest BCUT2D eigenvalue weighted by Gasteiger charge is 2.42. The molecular weight excluding hydrogens is 276 g/mol. The molecule has 0 aliphatic carbocycles. The lowest BCUT2D eigenvalue weighted by Gasteiger charge is -2.42. The van der Waals surface area contributed by atoms with Crippen LogP contribution in [0.25, 0.3) is 0 Å². The van der Waals surface area contributed by atoms with Crippen molar-refractivity contribution in [3.63, 3.8) is 0 Å². The van der Waals surface area contributed by atoms with Crippen molar-refractivity contribution >= 4 is 11.6 Å². The Morgan fingerprint density at radius 2 is 1.95 bits per heavy atom. The second kappa shape index (κ2) is 6.00. The fraction of sp³-hybridized carbons (Fsp3) is 0.600. The fourth-order valence-electron chi connectivity index (χ4n) is 3.20. The lowest BCUT2D eigenvalue weighted by molar-refractivity contribution is -0.193. The summed E-state index contributed by atoms with van der Waals surface area (Å²) in [4.78, 5) is 2.37. The van der Waals surface area contributed by atoms with Crippen LogP contribution >= 0.6 is 11.6 Å². The van der Waals surface area contributed by atoms with Crippen LogP contribution in [0.3, 0.4) is 0 Å². The number of hydrogen-bond acceptors (Lipinski definition) is 4. The molecule has 0 aromatic heterocycles. The zero-order valence-electron chi connectivity index (χ0n) is 11.6. The van der Waals surface area contributed by atoms with Crippen LogP contribution < -0.4 is 5.73 Å². The predicted molar refractivity (Wildman–Crippen MR) is 78.7 cm³/mol. The number of rotatable bonds is 3. The third kappa shape index (κ3) is 2.85. The third-order valence-electron chi connectivity index (χ3n) is 4.18. The highest BCUT2D eigenvalue weighted by atomic mass is 35.5. The lowest BCUT2D eigenvalue weighted by Crippen LogP contribution is -2.51. The number of hydrogen-bond donors (Lipinski definition) is 1. The minimum absolute atomic E-state index is 0.192. The number of likely N-dealkylation sites (tertiary alicyclic amines) is 1. The molecule has 1 atom stereocenters. The average molecular weight is 297 g/mol. The fourth-order valence-corrected chi connectivity index (χ4v) is 3.32. The molecule has 2 aliphatic heterocycles. The first kappa shape index (κ1) is 14.3. The smallest absolute Gasteiger partial charge is 0.181 e. The van der Waals surface area contributed by atoms with E-state index in [2.05, 4.69) is 17.0 Å². The van der Waals surface area contributed by atoms with E-state index in [1.807, 2.05) is 12.1 Å². The van der Waals surface area contributed by atoms with E-state index in [1.165, 1.54) is 5.56 Å². The molecule has 20 heavy (non-hydrogen) atoms. The summed E-state index contributed by atoms with van der Waals surface area (Å²) in [6.45, 7) is 3.79. The molecule has 110 valence electrons. The molecule has 2 fully saturated rings. The Kier molecular flexibility index (Phi) is 4.29. The Morgan fingerprint density at radius 1 is 1.25 bits per heavy atom. The maximum Gasteiger partial charge on any atom is 0.181 e. The van der Waals surface area contributed by atoms with E-state index >= 15 is 0 Å². The summed E-state index contributed by atoms with van der Waals surface area (Å²) in [6.07, 6.45) is 2.05. The van der Waals surface area contributed by atoms with Crippen LogP contribution in [-0.4, -0.2) is 43.5 Å². The number of benzene rings is 1. The first-order valence-electron chi connectivity index (χ1n) is 7.20. The van der Waals surface area contributed by atoms with E-state index in [4.69, 9.17) is 26.8 Å². The van der Waals surface area contributed by atoms with Crippen LogP contribution in [0, 0.1) is 0 Å². The van der Waals surface area contributed by atoms with E-state index in [0.717, 1.165) is 31.0 Å². The summed E-state index contributed by atoms with van der Waals surface area (Å²) >= 11 is 5.96. The predicted octanol–water partition coefficient (Wildman–Crippen LogP) is 2.18. The molecule has 0 radical (unpaired) electrons. The van der Waals surface area contributed by atoms with Crippen LogP contribution in [0.5, 0.6) is 0 Å². The molecule has 5 heteroatoms. The summed E-state index contributed by atoms with van der Waals surface area (Å²) in [5.74, 6) is -0.405. The van der Waals surface area contributed by atoms with Crippen molar-refractivity contribution in [2.75, 3.05) is 32.8 Å². The molecule has 2 N–H and O–H groups in total. The zero-order chi connectivity index (χ0) is 14.0. The van der Waals surface area contributed by atoms with Crippen LogP contribution in [-0.2, 0) is 9.47 Å². The van der Waals surface area contributed by atoms with Gasteiger partial charge in [0.05, 0.1) is 19.8 Å². The Bertz CT molecular complexity index is 446. The largest absolute Gasteiger partial charge is 0.346 e. The van der Waals surface area contributed by atoms with Crippen LogP contribution in [0.1, 0.15) is 24.4 Å². The van der Waals surface area contributed by atoms with E-state index < -0.39 is 5.79 Å². The summed E-state index contributed by atoms with van der Waals surface area (Å²) in [6, 6.07) is 8.14. The molecule has 0 saturated carbocycles. The van der Waals surface area contributed by atoms with Crippen LogP contribution in [0.4, 0.5) is 0 Å². The molecule has 1 unspecified atom stereocenters. The van der Waals surface area contributed by atoms with Gasteiger partial charge in [-0.15, -0.1) is 0 Å². The van der Waals surface area contributed by atoms with Crippen molar-refractivity contribution in [3.8, 4) is 0 Å². The second-order valence-electron chi connectivity index (χ2n) is 5.48. The van der Waals surface area contributed by atoms with E-state index in [0.29, 0.717) is 19.8 Å². The number of nitrogens with zero attached hydrogens (tertiary/aromatic N) is 1. The molecule has 3 rings (SSSR count). The topological polar surface area (TPSA) is 47.7 Å². The van der Waals surface area contributed by atoms with Gasteiger partial charge in [0.15, 0.2) is 5.79 Å². The molecule has 2 saturated heterocycles. The molecule has 0 bridgehead atoms. The number of ether oxygens (including phenoxy) is 2. The molecular formula is C15H21ClN2O2.